The molecule has 2 aromatic rings. The first-order valence-electron chi connectivity index (χ1n) is 10.9. The van der Waals surface area contributed by atoms with E-state index in [1.807, 2.05) is 69.3 Å². The molecule has 1 aliphatic rings. The summed E-state index contributed by atoms with van der Waals surface area (Å²) in [4.78, 5) is 12.7. The maximum Gasteiger partial charge on any atom is 0.223 e. The van der Waals surface area contributed by atoms with Crippen LogP contribution in [0.4, 0.5) is 0 Å². The highest BCUT2D eigenvalue weighted by atomic mass is 32.2. The smallest absolute Gasteiger partial charge is 0.223 e. The molecule has 31 heavy (non-hydrogen) atoms. The van der Waals surface area contributed by atoms with Crippen LogP contribution in [0, 0.1) is 12.8 Å². The number of rotatable bonds is 8. The summed E-state index contributed by atoms with van der Waals surface area (Å²) in [6.07, 6.45) is 1.07. The van der Waals surface area contributed by atoms with E-state index in [1.54, 1.807) is 0 Å². The van der Waals surface area contributed by atoms with Gasteiger partial charge in [-0.25, -0.2) is 12.7 Å². The van der Waals surface area contributed by atoms with E-state index in [9.17, 15) is 13.2 Å². The Balaban J connectivity index is 1.52. The van der Waals surface area contributed by atoms with Gasteiger partial charge in [0.15, 0.2) is 0 Å². The molecule has 1 aliphatic heterocycles. The van der Waals surface area contributed by atoms with Crippen molar-refractivity contribution in [3.63, 3.8) is 0 Å². The van der Waals surface area contributed by atoms with Crippen molar-refractivity contribution in [1.82, 2.24) is 9.62 Å². The van der Waals surface area contributed by atoms with E-state index in [4.69, 9.17) is 4.74 Å². The second-order valence-electron chi connectivity index (χ2n) is 8.09. The van der Waals surface area contributed by atoms with Crippen LogP contribution >= 0.6 is 0 Å². The number of amides is 1. The maximum absolute atomic E-state index is 12.8. The van der Waals surface area contributed by atoms with Gasteiger partial charge < -0.3 is 10.1 Å². The zero-order valence-electron chi connectivity index (χ0n) is 18.5. The number of carbonyl (C=O) groups excluding carboxylic acids is 1. The Kier molecular flexibility index (Phi) is 7.73. The van der Waals surface area contributed by atoms with Crippen LogP contribution in [-0.2, 0) is 20.6 Å². The van der Waals surface area contributed by atoms with Crippen molar-refractivity contribution < 1.29 is 17.9 Å². The lowest BCUT2D eigenvalue weighted by molar-refractivity contribution is -0.126. The largest absolute Gasteiger partial charge is 0.494 e. The van der Waals surface area contributed by atoms with Gasteiger partial charge in [-0.05, 0) is 62.4 Å². The van der Waals surface area contributed by atoms with Gasteiger partial charge in [-0.2, -0.15) is 0 Å². The predicted octanol–water partition coefficient (Wildman–Crippen LogP) is 3.81. The fourth-order valence-corrected chi connectivity index (χ4v) is 5.56. The van der Waals surface area contributed by atoms with Crippen molar-refractivity contribution in [3.8, 4) is 5.75 Å². The number of aryl methyl sites for hydroxylation is 1. The number of hydrogen-bond donors (Lipinski definition) is 1. The fourth-order valence-electron chi connectivity index (χ4n) is 3.89. The lowest BCUT2D eigenvalue weighted by Crippen LogP contribution is -2.43. The molecule has 1 saturated heterocycles. The van der Waals surface area contributed by atoms with Crippen LogP contribution in [0.25, 0.3) is 0 Å². The van der Waals surface area contributed by atoms with E-state index >= 15 is 0 Å². The highest BCUT2D eigenvalue weighted by Gasteiger charge is 2.31. The molecule has 1 N–H and O–H groups in total. The number of benzene rings is 2. The summed E-state index contributed by atoms with van der Waals surface area (Å²) in [5.74, 6) is 0.627. The number of hydrogen-bond acceptors (Lipinski definition) is 4. The second kappa shape index (κ2) is 10.3. The van der Waals surface area contributed by atoms with E-state index < -0.39 is 10.0 Å². The average Bonchev–Trinajstić information content (AvgIpc) is 2.76. The molecule has 0 unspecified atom stereocenters. The highest BCUT2D eigenvalue weighted by molar-refractivity contribution is 7.88. The summed E-state index contributed by atoms with van der Waals surface area (Å²) < 4.78 is 32.7. The molecule has 1 amide bonds. The van der Waals surface area contributed by atoms with Crippen molar-refractivity contribution in [3.05, 3.63) is 65.2 Å². The Morgan fingerprint density at radius 2 is 1.77 bits per heavy atom. The summed E-state index contributed by atoms with van der Waals surface area (Å²) in [7, 11) is -3.39. The number of carbonyl (C=O) groups is 1. The summed E-state index contributed by atoms with van der Waals surface area (Å²) >= 11 is 0. The van der Waals surface area contributed by atoms with Crippen molar-refractivity contribution in [2.45, 2.75) is 45.4 Å². The SMILES string of the molecule is CCOc1ccc([C@@H](C)NC(=O)C2CCN(S(=O)(=O)Cc3ccccc3C)CC2)cc1. The van der Waals surface area contributed by atoms with E-state index in [0.29, 0.717) is 32.5 Å². The van der Waals surface area contributed by atoms with E-state index in [0.717, 1.165) is 22.4 Å². The molecule has 7 heteroatoms. The molecule has 1 fully saturated rings. The summed E-state index contributed by atoms with van der Waals surface area (Å²) in [6, 6.07) is 15.1. The third-order valence-electron chi connectivity index (χ3n) is 5.87. The molecular formula is C24H32N2O4S. The Bertz CT molecular complexity index is 981. The van der Waals surface area contributed by atoms with Crippen LogP contribution in [0.5, 0.6) is 5.75 Å². The van der Waals surface area contributed by atoms with Gasteiger partial charge in [0.2, 0.25) is 15.9 Å². The van der Waals surface area contributed by atoms with Gasteiger partial charge in [0.25, 0.3) is 0 Å². The van der Waals surface area contributed by atoms with Crippen molar-refractivity contribution in [2.75, 3.05) is 19.7 Å². The minimum atomic E-state index is -3.39. The first-order chi connectivity index (χ1) is 14.8. The van der Waals surface area contributed by atoms with Gasteiger partial charge in [0.1, 0.15) is 5.75 Å². The van der Waals surface area contributed by atoms with Gasteiger partial charge in [-0.3, -0.25) is 4.79 Å². The van der Waals surface area contributed by atoms with E-state index in [-0.39, 0.29) is 23.6 Å². The van der Waals surface area contributed by atoms with Crippen molar-refractivity contribution in [1.29, 1.82) is 0 Å². The lowest BCUT2D eigenvalue weighted by Gasteiger charge is -2.31. The normalized spacial score (nSPS) is 16.6. The van der Waals surface area contributed by atoms with Crippen LogP contribution in [0.2, 0.25) is 0 Å². The molecule has 2 aromatic carbocycles. The van der Waals surface area contributed by atoms with Gasteiger partial charge in [-0.15, -0.1) is 0 Å². The van der Waals surface area contributed by atoms with Crippen LogP contribution in [0.15, 0.2) is 48.5 Å². The average molecular weight is 445 g/mol. The molecule has 3 rings (SSSR count). The zero-order valence-corrected chi connectivity index (χ0v) is 19.3. The van der Waals surface area contributed by atoms with Crippen LogP contribution in [-0.4, -0.2) is 38.3 Å². The first-order valence-corrected chi connectivity index (χ1v) is 12.5. The van der Waals surface area contributed by atoms with Crippen molar-refractivity contribution in [2.24, 2.45) is 5.92 Å². The summed E-state index contributed by atoms with van der Waals surface area (Å²) in [6.45, 7) is 7.19. The highest BCUT2D eigenvalue weighted by Crippen LogP contribution is 2.24. The molecule has 1 atom stereocenters. The van der Waals surface area contributed by atoms with Gasteiger partial charge in [0, 0.05) is 19.0 Å². The quantitative estimate of drug-likeness (QED) is 0.672. The molecule has 0 radical (unpaired) electrons. The van der Waals surface area contributed by atoms with Crippen LogP contribution in [0.1, 0.15) is 49.4 Å². The van der Waals surface area contributed by atoms with Crippen LogP contribution in [0.3, 0.4) is 0 Å². The number of sulfonamides is 1. The van der Waals surface area contributed by atoms with Gasteiger partial charge in [0.05, 0.1) is 18.4 Å². The molecular weight excluding hydrogens is 412 g/mol. The van der Waals surface area contributed by atoms with E-state index in [2.05, 4.69) is 5.32 Å². The zero-order chi connectivity index (χ0) is 22.4. The third-order valence-corrected chi connectivity index (χ3v) is 7.69. The topological polar surface area (TPSA) is 75.7 Å². The van der Waals surface area contributed by atoms with Crippen LogP contribution < -0.4 is 10.1 Å². The van der Waals surface area contributed by atoms with Crippen molar-refractivity contribution >= 4 is 15.9 Å². The Morgan fingerprint density at radius 3 is 2.39 bits per heavy atom. The molecule has 0 saturated carbocycles. The Morgan fingerprint density at radius 1 is 1.13 bits per heavy atom. The molecule has 168 valence electrons. The minimum Gasteiger partial charge on any atom is -0.494 e. The Hall–Kier alpha value is -2.38. The summed E-state index contributed by atoms with van der Waals surface area (Å²) in [5, 5.41) is 3.07. The van der Waals surface area contributed by atoms with Gasteiger partial charge in [-0.1, -0.05) is 36.4 Å². The fraction of sp³-hybridized carbons (Fsp3) is 0.458. The second-order valence-corrected chi connectivity index (χ2v) is 10.1. The van der Waals surface area contributed by atoms with E-state index in [1.165, 1.54) is 4.31 Å². The monoisotopic (exact) mass is 444 g/mol. The number of piperidine rings is 1. The third kappa shape index (κ3) is 6.08. The number of nitrogens with zero attached hydrogens (tertiary/aromatic N) is 1. The number of nitrogens with one attached hydrogen (secondary N) is 1. The maximum atomic E-state index is 12.8. The molecule has 0 aromatic heterocycles. The molecule has 0 bridgehead atoms. The molecule has 6 nitrogen and oxygen atoms in total. The Labute approximate surface area is 185 Å². The summed E-state index contributed by atoms with van der Waals surface area (Å²) in [5.41, 5.74) is 2.81. The van der Waals surface area contributed by atoms with Gasteiger partial charge >= 0.3 is 0 Å². The predicted molar refractivity (Wildman–Crippen MR) is 122 cm³/mol. The lowest BCUT2D eigenvalue weighted by atomic mass is 9.96. The minimum absolute atomic E-state index is 0.00527. The molecule has 1 heterocycles. The molecule has 0 aliphatic carbocycles. The number of ether oxygens (including phenoxy) is 1. The standard InChI is InChI=1S/C24H32N2O4S/c1-4-30-23-11-9-20(10-12-23)19(3)25-24(27)21-13-15-26(16-14-21)31(28,29)17-22-8-6-5-7-18(22)2/h5-12,19,21H,4,13-17H2,1-3H3,(H,25,27)/t19-/m1/s1. The first kappa shape index (κ1) is 23.3. The molecule has 0 spiro atoms.